The van der Waals surface area contributed by atoms with E-state index in [0.717, 1.165) is 54.8 Å². The van der Waals surface area contributed by atoms with E-state index in [0.29, 0.717) is 17.3 Å². The fourth-order valence-electron chi connectivity index (χ4n) is 10.9. The van der Waals surface area contributed by atoms with Crippen LogP contribution in [0.3, 0.4) is 0 Å². The van der Waals surface area contributed by atoms with Crippen molar-refractivity contribution in [3.05, 3.63) is 11.6 Å². The lowest BCUT2D eigenvalue weighted by Gasteiger charge is -2.58. The van der Waals surface area contributed by atoms with Crippen molar-refractivity contribution in [1.82, 2.24) is 0 Å². The summed E-state index contributed by atoms with van der Waals surface area (Å²) in [5.41, 5.74) is 2.54. The van der Waals surface area contributed by atoms with E-state index in [9.17, 15) is 4.79 Å². The number of allylic oxidation sites excluding steroid dienone is 1. The van der Waals surface area contributed by atoms with E-state index in [1.165, 1.54) is 122 Å². The Hall–Kier alpha value is -0.790. The second kappa shape index (κ2) is 16.7. The molecule has 0 aliphatic heterocycles. The summed E-state index contributed by atoms with van der Waals surface area (Å²) in [5.74, 6) is 5.34. The summed E-state index contributed by atoms with van der Waals surface area (Å²) in [6, 6.07) is 0. The normalized spacial score (nSPS) is 34.3. The highest BCUT2D eigenvalue weighted by atomic mass is 16.5. The summed E-state index contributed by atoms with van der Waals surface area (Å²) in [4.78, 5) is 12.7. The van der Waals surface area contributed by atoms with Crippen LogP contribution in [-0.4, -0.2) is 12.1 Å². The zero-order chi connectivity index (χ0) is 30.9. The van der Waals surface area contributed by atoms with Gasteiger partial charge in [0, 0.05) is 12.8 Å². The largest absolute Gasteiger partial charge is 0.462 e. The molecular formula is C41H72O2. The molecule has 4 rings (SSSR count). The lowest BCUT2D eigenvalue weighted by Crippen LogP contribution is -2.51. The minimum atomic E-state index is 0.0618. The van der Waals surface area contributed by atoms with Gasteiger partial charge in [0.1, 0.15) is 6.10 Å². The molecule has 0 heterocycles. The third-order valence-corrected chi connectivity index (χ3v) is 13.5. The fourth-order valence-corrected chi connectivity index (χ4v) is 10.9. The maximum absolute atomic E-state index is 12.7. The van der Waals surface area contributed by atoms with E-state index >= 15 is 0 Å². The van der Waals surface area contributed by atoms with E-state index in [2.05, 4.69) is 47.6 Å². The lowest BCUT2D eigenvalue weighted by atomic mass is 9.47. The number of ether oxygens (including phenoxy) is 1. The molecule has 0 aromatic heterocycles. The highest BCUT2D eigenvalue weighted by Crippen LogP contribution is 2.67. The van der Waals surface area contributed by atoms with Crippen molar-refractivity contribution >= 4 is 5.97 Å². The Kier molecular flexibility index (Phi) is 13.6. The fraction of sp³-hybridized carbons (Fsp3) is 0.927. The van der Waals surface area contributed by atoms with Gasteiger partial charge in [0.2, 0.25) is 0 Å². The van der Waals surface area contributed by atoms with Crippen LogP contribution < -0.4 is 0 Å². The van der Waals surface area contributed by atoms with Gasteiger partial charge in [-0.3, -0.25) is 4.79 Å². The number of esters is 1. The molecule has 248 valence electrons. The number of carbonyl (C=O) groups excluding carboxylic acids is 1. The van der Waals surface area contributed by atoms with Gasteiger partial charge in [0.15, 0.2) is 0 Å². The van der Waals surface area contributed by atoms with Crippen LogP contribution in [0.15, 0.2) is 11.6 Å². The molecule has 43 heavy (non-hydrogen) atoms. The number of unbranched alkanes of at least 4 members (excludes halogenated alkanes) is 10. The molecule has 0 aromatic rings. The molecule has 0 amide bonds. The second-order valence-corrected chi connectivity index (χ2v) is 16.9. The molecule has 2 nitrogen and oxygen atoms in total. The number of hydrogen-bond donors (Lipinski definition) is 0. The molecule has 3 saturated carbocycles. The standard InChI is InChI=1S/C41H72O2/c1-7-8-9-10-11-12-13-14-15-16-17-21-39(42)43-34-26-28-40(5)33(30-34)22-23-35-37-25-24-36(32(4)20-18-19-31(2)3)41(37,6)29-27-38(35)40/h22,31-32,34-38H,7-21,23-30H2,1-6H3/t32-,34+,35+,36-,37+,38+,40+,41-/m0/s1. The van der Waals surface area contributed by atoms with E-state index in [1.54, 1.807) is 5.57 Å². The summed E-state index contributed by atoms with van der Waals surface area (Å²) in [7, 11) is 0. The molecule has 3 fully saturated rings. The Bertz CT molecular complexity index is 873. The van der Waals surface area contributed by atoms with Crippen LogP contribution in [0.5, 0.6) is 0 Å². The lowest BCUT2D eigenvalue weighted by molar-refractivity contribution is -0.151. The van der Waals surface area contributed by atoms with Crippen molar-refractivity contribution in [1.29, 1.82) is 0 Å². The molecule has 0 unspecified atom stereocenters. The van der Waals surface area contributed by atoms with E-state index in [-0.39, 0.29) is 12.1 Å². The smallest absolute Gasteiger partial charge is 0.306 e. The van der Waals surface area contributed by atoms with Gasteiger partial charge in [-0.05, 0) is 97.7 Å². The maximum Gasteiger partial charge on any atom is 0.306 e. The number of hydrogen-bond acceptors (Lipinski definition) is 2. The Morgan fingerprint density at radius 2 is 1.49 bits per heavy atom. The monoisotopic (exact) mass is 597 g/mol. The molecular weight excluding hydrogens is 524 g/mol. The van der Waals surface area contributed by atoms with Gasteiger partial charge in [-0.15, -0.1) is 0 Å². The van der Waals surface area contributed by atoms with Crippen LogP contribution in [0.25, 0.3) is 0 Å². The van der Waals surface area contributed by atoms with Gasteiger partial charge in [-0.1, -0.05) is 137 Å². The van der Waals surface area contributed by atoms with Crippen LogP contribution in [0, 0.1) is 46.3 Å². The summed E-state index contributed by atoms with van der Waals surface area (Å²) in [5, 5.41) is 0. The molecule has 2 heteroatoms. The summed E-state index contributed by atoms with van der Waals surface area (Å²) in [6.45, 7) is 14.9. The summed E-state index contributed by atoms with van der Waals surface area (Å²) >= 11 is 0. The third-order valence-electron chi connectivity index (χ3n) is 13.5. The van der Waals surface area contributed by atoms with Gasteiger partial charge in [-0.2, -0.15) is 0 Å². The first-order valence-electron chi connectivity index (χ1n) is 19.6. The third kappa shape index (κ3) is 8.93. The molecule has 0 bridgehead atoms. The molecule has 0 radical (unpaired) electrons. The average molecular weight is 597 g/mol. The SMILES string of the molecule is CCCCCCCCCCCCCC(=O)O[C@@H]1CC[C@]2(C)C(=CC[C@@H]3[C@H]4CC[C@@H]([C@@H](C)CCCC(C)C)[C@]4(C)CC[C@H]32)C1. The van der Waals surface area contributed by atoms with Crippen molar-refractivity contribution in [2.24, 2.45) is 46.3 Å². The topological polar surface area (TPSA) is 26.3 Å². The first-order valence-corrected chi connectivity index (χ1v) is 19.6. The first kappa shape index (κ1) is 35.1. The van der Waals surface area contributed by atoms with Gasteiger partial charge in [-0.25, -0.2) is 0 Å². The van der Waals surface area contributed by atoms with Gasteiger partial charge in [0.05, 0.1) is 0 Å². The Labute approximate surface area is 268 Å². The van der Waals surface area contributed by atoms with Crippen LogP contribution in [0.2, 0.25) is 0 Å². The van der Waals surface area contributed by atoms with Crippen LogP contribution >= 0.6 is 0 Å². The molecule has 0 saturated heterocycles. The highest BCUT2D eigenvalue weighted by molar-refractivity contribution is 5.69. The number of rotatable bonds is 18. The molecule has 4 aliphatic carbocycles. The zero-order valence-corrected chi connectivity index (χ0v) is 29.7. The zero-order valence-electron chi connectivity index (χ0n) is 29.7. The maximum atomic E-state index is 12.7. The molecule has 0 N–H and O–H groups in total. The molecule has 4 aliphatic rings. The van der Waals surface area contributed by atoms with E-state index < -0.39 is 0 Å². The highest BCUT2D eigenvalue weighted by Gasteiger charge is 2.59. The molecule has 8 atom stereocenters. The van der Waals surface area contributed by atoms with Crippen molar-refractivity contribution in [2.75, 3.05) is 0 Å². The number of fused-ring (bicyclic) bond motifs is 5. The van der Waals surface area contributed by atoms with E-state index in [4.69, 9.17) is 4.74 Å². The molecule has 0 spiro atoms. The summed E-state index contributed by atoms with van der Waals surface area (Å²) in [6.07, 6.45) is 32.5. The van der Waals surface area contributed by atoms with Gasteiger partial charge >= 0.3 is 5.97 Å². The Morgan fingerprint density at radius 3 is 2.16 bits per heavy atom. The van der Waals surface area contributed by atoms with Gasteiger partial charge < -0.3 is 4.74 Å². The van der Waals surface area contributed by atoms with E-state index in [1.807, 2.05) is 0 Å². The average Bonchev–Trinajstić information content (AvgIpc) is 3.33. The van der Waals surface area contributed by atoms with Crippen LogP contribution in [0.4, 0.5) is 0 Å². The first-order chi connectivity index (χ1) is 20.7. The summed E-state index contributed by atoms with van der Waals surface area (Å²) < 4.78 is 6.11. The Morgan fingerprint density at radius 1 is 0.814 bits per heavy atom. The van der Waals surface area contributed by atoms with Crippen molar-refractivity contribution in [2.45, 2.75) is 195 Å². The van der Waals surface area contributed by atoms with Crippen LogP contribution in [-0.2, 0) is 9.53 Å². The number of carbonyl (C=O) groups is 1. The minimum Gasteiger partial charge on any atom is -0.462 e. The van der Waals surface area contributed by atoms with Crippen molar-refractivity contribution in [3.8, 4) is 0 Å². The second-order valence-electron chi connectivity index (χ2n) is 16.9. The van der Waals surface area contributed by atoms with Gasteiger partial charge in [0.25, 0.3) is 0 Å². The van der Waals surface area contributed by atoms with Crippen molar-refractivity contribution in [3.63, 3.8) is 0 Å². The predicted molar refractivity (Wildman–Crippen MR) is 184 cm³/mol. The quantitative estimate of drug-likeness (QED) is 0.0893. The minimum absolute atomic E-state index is 0.0618. The molecule has 0 aromatic carbocycles. The van der Waals surface area contributed by atoms with Crippen LogP contribution in [0.1, 0.15) is 189 Å². The predicted octanol–water partition coefficient (Wildman–Crippen LogP) is 12.6. The Balaban J connectivity index is 1.19. The van der Waals surface area contributed by atoms with Crippen molar-refractivity contribution < 1.29 is 9.53 Å².